The topological polar surface area (TPSA) is 79.9 Å². The number of fused-ring (bicyclic) bond motifs is 1. The average molecular weight is 455 g/mol. The summed E-state index contributed by atoms with van der Waals surface area (Å²) in [6.45, 7) is 14.1. The second kappa shape index (κ2) is 9.44. The third-order valence-corrected chi connectivity index (χ3v) is 6.69. The molecule has 0 aliphatic carbocycles. The molecule has 0 saturated carbocycles. The molecule has 0 unspecified atom stereocenters. The number of thiophene rings is 1. The molecule has 0 aliphatic rings. The molecule has 4 nitrogen and oxygen atoms in total. The minimum atomic E-state index is -0.733. The van der Waals surface area contributed by atoms with Gasteiger partial charge in [0.15, 0.2) is 5.95 Å². The van der Waals surface area contributed by atoms with Crippen molar-refractivity contribution in [2.45, 2.75) is 27.2 Å². The van der Waals surface area contributed by atoms with Gasteiger partial charge < -0.3 is 21.8 Å². The Morgan fingerprint density at radius 3 is 2.69 bits per heavy atom. The number of hydrogen-bond donors (Lipinski definition) is 4. The Bertz CT molecular complexity index is 1260. The molecule has 0 saturated heterocycles. The van der Waals surface area contributed by atoms with E-state index in [4.69, 9.17) is 11.5 Å². The van der Waals surface area contributed by atoms with Crippen LogP contribution in [-0.4, -0.2) is 11.5 Å². The Balaban J connectivity index is 1.76. The number of aromatic amines is 1. The number of nitrogens with two attached hydrogens (primary N) is 2. The van der Waals surface area contributed by atoms with Crippen molar-refractivity contribution in [3.8, 4) is 0 Å². The zero-order valence-electron chi connectivity index (χ0n) is 18.5. The van der Waals surface area contributed by atoms with Crippen LogP contribution in [0.4, 0.5) is 14.5 Å². The van der Waals surface area contributed by atoms with Crippen molar-refractivity contribution in [2.24, 2.45) is 5.73 Å². The summed E-state index contributed by atoms with van der Waals surface area (Å²) in [7, 11) is 0. The third-order valence-electron chi connectivity index (χ3n) is 5.43. The molecule has 168 valence electrons. The van der Waals surface area contributed by atoms with E-state index in [1.807, 2.05) is 19.9 Å². The molecule has 3 aromatic rings. The van der Waals surface area contributed by atoms with E-state index in [1.54, 1.807) is 25.1 Å². The highest BCUT2D eigenvalue weighted by molar-refractivity contribution is 7.14. The number of H-pyrrole nitrogens is 1. The van der Waals surface area contributed by atoms with Crippen molar-refractivity contribution in [2.75, 3.05) is 12.3 Å². The zero-order valence-corrected chi connectivity index (χ0v) is 19.4. The molecule has 0 atom stereocenters. The van der Waals surface area contributed by atoms with Gasteiger partial charge in [-0.2, -0.15) is 4.39 Å². The number of halogens is 2. The van der Waals surface area contributed by atoms with Crippen LogP contribution in [0.25, 0.3) is 22.2 Å². The lowest BCUT2D eigenvalue weighted by molar-refractivity contribution is 0.618. The molecule has 0 bridgehead atoms. The molecule has 32 heavy (non-hydrogen) atoms. The molecule has 0 spiro atoms. The standard InChI is InChI=1S/C25H28F2N4S/c1-6-17(11-14(3)25(27)29)21-12-20(28)24(32-21)16(5)30-10-9-18-15(4)31-23-19(26)8-7-13(2)22(18)23/h6-8,11-12,30-31H,1,5,9-10,28-29H2,2-4H3/b17-11+,25-14-. The molecule has 0 aliphatic heterocycles. The van der Waals surface area contributed by atoms with Gasteiger partial charge in [0, 0.05) is 33.8 Å². The molecule has 2 aromatic heterocycles. The van der Waals surface area contributed by atoms with Gasteiger partial charge in [-0.25, -0.2) is 4.39 Å². The summed E-state index contributed by atoms with van der Waals surface area (Å²) in [6.07, 6.45) is 3.97. The van der Waals surface area contributed by atoms with Crippen LogP contribution in [0.2, 0.25) is 0 Å². The Hall–Kier alpha value is -3.32. The predicted molar refractivity (Wildman–Crippen MR) is 133 cm³/mol. The van der Waals surface area contributed by atoms with Gasteiger partial charge in [-0.1, -0.05) is 25.3 Å². The van der Waals surface area contributed by atoms with E-state index in [2.05, 4.69) is 23.5 Å². The molecule has 3 rings (SSSR count). The van der Waals surface area contributed by atoms with E-state index in [1.165, 1.54) is 17.4 Å². The highest BCUT2D eigenvalue weighted by Crippen LogP contribution is 2.35. The lowest BCUT2D eigenvalue weighted by atomic mass is 10.0. The number of hydrogen-bond acceptors (Lipinski definition) is 4. The molecular formula is C25H28F2N4S. The molecular weight excluding hydrogens is 426 g/mol. The smallest absolute Gasteiger partial charge is 0.187 e. The van der Waals surface area contributed by atoms with Crippen LogP contribution in [0.3, 0.4) is 0 Å². The van der Waals surface area contributed by atoms with Crippen LogP contribution in [0.5, 0.6) is 0 Å². The van der Waals surface area contributed by atoms with Gasteiger partial charge in [-0.3, -0.25) is 0 Å². The maximum atomic E-state index is 14.2. The van der Waals surface area contributed by atoms with Gasteiger partial charge >= 0.3 is 0 Å². The lowest BCUT2D eigenvalue weighted by Crippen LogP contribution is -2.15. The Morgan fingerprint density at radius 2 is 2.03 bits per heavy atom. The molecule has 1 aromatic carbocycles. The Morgan fingerprint density at radius 1 is 1.31 bits per heavy atom. The van der Waals surface area contributed by atoms with E-state index >= 15 is 0 Å². The summed E-state index contributed by atoms with van der Waals surface area (Å²) in [4.78, 5) is 4.81. The Kier molecular flexibility index (Phi) is 6.89. The van der Waals surface area contributed by atoms with Gasteiger partial charge in [0.2, 0.25) is 0 Å². The summed E-state index contributed by atoms with van der Waals surface area (Å²) in [5, 5.41) is 4.26. The fourth-order valence-corrected chi connectivity index (χ4v) is 4.73. The van der Waals surface area contributed by atoms with Crippen LogP contribution in [-0.2, 0) is 6.42 Å². The van der Waals surface area contributed by atoms with Gasteiger partial charge in [-0.15, -0.1) is 11.3 Å². The van der Waals surface area contributed by atoms with Crippen molar-refractivity contribution in [1.29, 1.82) is 0 Å². The third kappa shape index (κ3) is 4.62. The molecule has 7 heteroatoms. The number of nitrogen functional groups attached to an aromatic ring is 1. The number of aryl methyl sites for hydroxylation is 2. The first-order valence-electron chi connectivity index (χ1n) is 10.2. The first kappa shape index (κ1) is 23.3. The van der Waals surface area contributed by atoms with Crippen LogP contribution < -0.4 is 16.8 Å². The number of allylic oxidation sites excluding steroid dienone is 4. The molecule has 0 radical (unpaired) electrons. The maximum absolute atomic E-state index is 14.2. The monoisotopic (exact) mass is 454 g/mol. The predicted octanol–water partition coefficient (Wildman–Crippen LogP) is 6.10. The number of anilines is 1. The molecule has 0 amide bonds. The van der Waals surface area contributed by atoms with Gasteiger partial charge in [-0.05, 0) is 62.1 Å². The summed E-state index contributed by atoms with van der Waals surface area (Å²) in [5.41, 5.74) is 17.4. The second-order valence-electron chi connectivity index (χ2n) is 7.73. The van der Waals surface area contributed by atoms with Crippen molar-refractivity contribution >= 4 is 39.2 Å². The molecule has 6 N–H and O–H groups in total. The quantitative estimate of drug-likeness (QED) is 0.245. The van der Waals surface area contributed by atoms with E-state index in [0.717, 1.165) is 37.5 Å². The van der Waals surface area contributed by atoms with Gasteiger partial charge in [0.1, 0.15) is 5.82 Å². The lowest BCUT2D eigenvalue weighted by Gasteiger charge is -2.10. The van der Waals surface area contributed by atoms with Crippen LogP contribution in [0, 0.1) is 19.7 Å². The first-order valence-corrected chi connectivity index (χ1v) is 11.0. The van der Waals surface area contributed by atoms with Gasteiger partial charge in [0.05, 0.1) is 16.1 Å². The summed E-state index contributed by atoms with van der Waals surface area (Å²) in [6, 6.07) is 5.10. The highest BCUT2D eigenvalue weighted by atomic mass is 32.1. The fraction of sp³-hybridized carbons (Fsp3) is 0.200. The maximum Gasteiger partial charge on any atom is 0.187 e. The van der Waals surface area contributed by atoms with Gasteiger partial charge in [0.25, 0.3) is 0 Å². The molecule has 2 heterocycles. The van der Waals surface area contributed by atoms with Crippen molar-refractivity contribution in [3.05, 3.63) is 87.4 Å². The zero-order chi connectivity index (χ0) is 23.6. The summed E-state index contributed by atoms with van der Waals surface area (Å²) in [5.74, 6) is -0.982. The number of aromatic nitrogens is 1. The minimum Gasteiger partial charge on any atom is -0.397 e. The normalized spacial score (nSPS) is 12.7. The fourth-order valence-electron chi connectivity index (χ4n) is 3.69. The first-order chi connectivity index (χ1) is 15.1. The van der Waals surface area contributed by atoms with E-state index in [0.29, 0.717) is 35.4 Å². The number of benzene rings is 1. The van der Waals surface area contributed by atoms with E-state index in [9.17, 15) is 8.78 Å². The van der Waals surface area contributed by atoms with Crippen molar-refractivity contribution in [3.63, 3.8) is 0 Å². The number of rotatable bonds is 8. The number of nitrogens with one attached hydrogen (secondary N) is 2. The Labute approximate surface area is 191 Å². The average Bonchev–Trinajstić information content (AvgIpc) is 3.29. The van der Waals surface area contributed by atoms with E-state index in [-0.39, 0.29) is 5.82 Å². The van der Waals surface area contributed by atoms with Crippen molar-refractivity contribution < 1.29 is 8.78 Å². The minimum absolute atomic E-state index is 0.248. The van der Waals surface area contributed by atoms with Crippen LogP contribution in [0.15, 0.2) is 55.0 Å². The summed E-state index contributed by atoms with van der Waals surface area (Å²) < 4.78 is 27.4. The van der Waals surface area contributed by atoms with Crippen LogP contribution in [0.1, 0.15) is 33.5 Å². The summed E-state index contributed by atoms with van der Waals surface area (Å²) >= 11 is 1.44. The second-order valence-corrected chi connectivity index (χ2v) is 8.78. The highest BCUT2D eigenvalue weighted by Gasteiger charge is 2.15. The van der Waals surface area contributed by atoms with E-state index < -0.39 is 5.95 Å². The SMILES string of the molecule is C=C/C(=C\C(C)=C(/N)F)c1cc(N)c(C(=C)NCCc2c(C)[nH]c3c(F)ccc(C)c23)s1. The molecule has 0 fully saturated rings. The largest absolute Gasteiger partial charge is 0.397 e. The van der Waals surface area contributed by atoms with Crippen molar-refractivity contribution in [1.82, 2.24) is 10.3 Å². The van der Waals surface area contributed by atoms with Crippen LogP contribution >= 0.6 is 11.3 Å².